The average Bonchev–Trinajstić information content (AvgIpc) is 3.37. The predicted octanol–water partition coefficient (Wildman–Crippen LogP) is 8.48. The van der Waals surface area contributed by atoms with Crippen molar-refractivity contribution in [1.29, 1.82) is 0 Å². The van der Waals surface area contributed by atoms with Gasteiger partial charge in [-0.2, -0.15) is 0 Å². The molecular formula is C27H22BrNO2. The zero-order chi connectivity index (χ0) is 21.5. The minimum Gasteiger partial charge on any atom is -0.497 e. The van der Waals surface area contributed by atoms with Gasteiger partial charge in [-0.05, 0) is 58.4 Å². The Morgan fingerprint density at radius 3 is 2.23 bits per heavy atom. The lowest BCUT2D eigenvalue weighted by Crippen LogP contribution is -1.94. The van der Waals surface area contributed by atoms with E-state index in [2.05, 4.69) is 75.1 Å². The van der Waals surface area contributed by atoms with Crippen LogP contribution in [0.4, 0.5) is 0 Å². The molecule has 0 atom stereocenters. The van der Waals surface area contributed by atoms with Gasteiger partial charge in [0.25, 0.3) is 0 Å². The van der Waals surface area contributed by atoms with Gasteiger partial charge in [-0.15, -0.1) is 0 Å². The van der Waals surface area contributed by atoms with Gasteiger partial charge in [0.15, 0.2) is 0 Å². The SMILES string of the molecule is CC.COc1ccc(-n2c3ccccc3c3c4oc5ccccc5c4cc(Br)c32)cc1. The van der Waals surface area contributed by atoms with E-state index in [4.69, 9.17) is 9.15 Å². The van der Waals surface area contributed by atoms with Crippen molar-refractivity contribution in [3.8, 4) is 11.4 Å². The topological polar surface area (TPSA) is 27.3 Å². The van der Waals surface area contributed by atoms with Gasteiger partial charge in [0.1, 0.15) is 16.9 Å². The van der Waals surface area contributed by atoms with E-state index in [1.165, 1.54) is 5.39 Å². The summed E-state index contributed by atoms with van der Waals surface area (Å²) in [5.41, 5.74) is 5.15. The number of halogens is 1. The zero-order valence-corrected chi connectivity index (χ0v) is 19.2. The van der Waals surface area contributed by atoms with Crippen LogP contribution in [0.25, 0.3) is 49.4 Å². The normalized spacial score (nSPS) is 11.2. The van der Waals surface area contributed by atoms with Crippen molar-refractivity contribution in [2.75, 3.05) is 7.11 Å². The van der Waals surface area contributed by atoms with E-state index >= 15 is 0 Å². The Kier molecular flexibility index (Phi) is 4.95. The molecular weight excluding hydrogens is 450 g/mol. The Morgan fingerprint density at radius 2 is 1.48 bits per heavy atom. The number of nitrogens with zero attached hydrogens (tertiary/aromatic N) is 1. The molecule has 0 aliphatic heterocycles. The lowest BCUT2D eigenvalue weighted by atomic mass is 10.1. The molecule has 6 rings (SSSR count). The second-order valence-electron chi connectivity index (χ2n) is 7.11. The van der Waals surface area contributed by atoms with Gasteiger partial charge in [-0.3, -0.25) is 0 Å². The maximum Gasteiger partial charge on any atom is 0.145 e. The minimum atomic E-state index is 0.841. The smallest absolute Gasteiger partial charge is 0.145 e. The Bertz CT molecular complexity index is 1540. The molecule has 0 aliphatic rings. The number of methoxy groups -OCH3 is 1. The van der Waals surface area contributed by atoms with Gasteiger partial charge >= 0.3 is 0 Å². The lowest BCUT2D eigenvalue weighted by molar-refractivity contribution is 0.415. The van der Waals surface area contributed by atoms with Gasteiger partial charge in [-0.1, -0.05) is 50.2 Å². The maximum atomic E-state index is 6.36. The van der Waals surface area contributed by atoms with Crippen LogP contribution in [0, 0.1) is 0 Å². The number of fused-ring (bicyclic) bond motifs is 7. The minimum absolute atomic E-state index is 0.841. The third-order valence-corrected chi connectivity index (χ3v) is 6.17. The molecule has 0 saturated carbocycles. The van der Waals surface area contributed by atoms with Gasteiger partial charge < -0.3 is 13.7 Å². The van der Waals surface area contributed by atoms with Crippen molar-refractivity contribution >= 4 is 59.7 Å². The van der Waals surface area contributed by atoms with Crippen LogP contribution >= 0.6 is 15.9 Å². The van der Waals surface area contributed by atoms with Gasteiger partial charge in [0, 0.05) is 26.3 Å². The van der Waals surface area contributed by atoms with Crippen LogP contribution in [0.2, 0.25) is 0 Å². The van der Waals surface area contributed by atoms with Crippen molar-refractivity contribution in [2.24, 2.45) is 0 Å². The zero-order valence-electron chi connectivity index (χ0n) is 17.6. The van der Waals surface area contributed by atoms with Crippen molar-refractivity contribution in [2.45, 2.75) is 13.8 Å². The van der Waals surface area contributed by atoms with Crippen molar-refractivity contribution < 1.29 is 9.15 Å². The van der Waals surface area contributed by atoms with Crippen LogP contribution in [-0.4, -0.2) is 11.7 Å². The number of rotatable bonds is 2. The quantitative estimate of drug-likeness (QED) is 0.253. The number of furan rings is 1. The molecule has 0 radical (unpaired) electrons. The molecule has 2 aromatic heterocycles. The lowest BCUT2D eigenvalue weighted by Gasteiger charge is -2.10. The molecule has 0 fully saturated rings. The van der Waals surface area contributed by atoms with E-state index in [0.29, 0.717) is 0 Å². The number of ether oxygens (including phenoxy) is 1. The summed E-state index contributed by atoms with van der Waals surface area (Å²) in [4.78, 5) is 0. The number of aromatic nitrogens is 1. The van der Waals surface area contributed by atoms with Crippen LogP contribution < -0.4 is 4.74 Å². The first kappa shape index (κ1) is 19.7. The summed E-state index contributed by atoms with van der Waals surface area (Å²) in [5, 5.41) is 4.55. The highest BCUT2D eigenvalue weighted by atomic mass is 79.9. The fourth-order valence-electron chi connectivity index (χ4n) is 4.28. The molecule has 0 saturated heterocycles. The Labute approximate surface area is 189 Å². The summed E-state index contributed by atoms with van der Waals surface area (Å²) in [6.45, 7) is 4.00. The van der Waals surface area contributed by atoms with Crippen molar-refractivity contribution in [3.05, 3.63) is 83.3 Å². The second kappa shape index (κ2) is 7.78. The van der Waals surface area contributed by atoms with E-state index < -0.39 is 0 Å². The molecule has 0 unspecified atom stereocenters. The highest BCUT2D eigenvalue weighted by molar-refractivity contribution is 9.10. The molecule has 4 heteroatoms. The van der Waals surface area contributed by atoms with Crippen LogP contribution in [0.3, 0.4) is 0 Å². The van der Waals surface area contributed by atoms with E-state index in [0.717, 1.165) is 54.3 Å². The van der Waals surface area contributed by atoms with Gasteiger partial charge in [0.2, 0.25) is 0 Å². The van der Waals surface area contributed by atoms with E-state index in [1.54, 1.807) is 7.11 Å². The molecule has 0 N–H and O–H groups in total. The number of benzene rings is 4. The second-order valence-corrected chi connectivity index (χ2v) is 7.96. The van der Waals surface area contributed by atoms with Gasteiger partial charge in [0.05, 0.1) is 23.5 Å². The summed E-state index contributed by atoms with van der Waals surface area (Å²) >= 11 is 3.86. The summed E-state index contributed by atoms with van der Waals surface area (Å²) in [6.07, 6.45) is 0. The molecule has 2 heterocycles. The van der Waals surface area contributed by atoms with Crippen LogP contribution in [-0.2, 0) is 0 Å². The molecule has 0 amide bonds. The highest BCUT2D eigenvalue weighted by Crippen LogP contribution is 2.43. The predicted molar refractivity (Wildman–Crippen MR) is 134 cm³/mol. The number of hydrogen-bond donors (Lipinski definition) is 0. The molecule has 0 spiro atoms. The molecule has 31 heavy (non-hydrogen) atoms. The molecule has 4 aromatic carbocycles. The third kappa shape index (κ3) is 2.94. The Morgan fingerprint density at radius 1 is 0.806 bits per heavy atom. The first-order valence-electron chi connectivity index (χ1n) is 10.4. The fraction of sp³-hybridized carbons (Fsp3) is 0.111. The van der Waals surface area contributed by atoms with Crippen LogP contribution in [0.15, 0.2) is 87.8 Å². The molecule has 3 nitrogen and oxygen atoms in total. The fourth-order valence-corrected chi connectivity index (χ4v) is 4.89. The maximum absolute atomic E-state index is 6.36. The first-order chi connectivity index (χ1) is 15.3. The molecule has 0 aliphatic carbocycles. The molecule has 154 valence electrons. The summed E-state index contributed by atoms with van der Waals surface area (Å²) in [6, 6.07) is 27.0. The van der Waals surface area contributed by atoms with E-state index in [9.17, 15) is 0 Å². The summed E-state index contributed by atoms with van der Waals surface area (Å²) < 4.78 is 15.0. The number of para-hydroxylation sites is 2. The monoisotopic (exact) mass is 471 g/mol. The Balaban J connectivity index is 0.000000994. The third-order valence-electron chi connectivity index (χ3n) is 5.56. The average molecular weight is 472 g/mol. The van der Waals surface area contributed by atoms with Gasteiger partial charge in [-0.25, -0.2) is 0 Å². The highest BCUT2D eigenvalue weighted by Gasteiger charge is 2.20. The number of hydrogen-bond acceptors (Lipinski definition) is 2. The summed E-state index contributed by atoms with van der Waals surface area (Å²) in [5.74, 6) is 0.841. The first-order valence-corrected chi connectivity index (χ1v) is 11.2. The largest absolute Gasteiger partial charge is 0.497 e. The molecule has 6 aromatic rings. The van der Waals surface area contributed by atoms with Crippen molar-refractivity contribution in [3.63, 3.8) is 0 Å². The van der Waals surface area contributed by atoms with Crippen LogP contribution in [0.5, 0.6) is 5.75 Å². The standard InChI is InChI=1S/C25H16BrNO2.C2H6/c1-28-16-12-10-15(11-13-16)27-21-8-4-2-7-18(21)23-24(27)20(26)14-19-17-6-3-5-9-22(17)29-25(19)23;1-2/h2-14H,1H3;1-2H3. The molecule has 0 bridgehead atoms. The van der Waals surface area contributed by atoms with E-state index in [1.807, 2.05) is 38.1 Å². The van der Waals surface area contributed by atoms with E-state index in [-0.39, 0.29) is 0 Å². The Hall–Kier alpha value is -3.24. The van der Waals surface area contributed by atoms with Crippen molar-refractivity contribution in [1.82, 2.24) is 4.57 Å². The summed E-state index contributed by atoms with van der Waals surface area (Å²) in [7, 11) is 1.68. The van der Waals surface area contributed by atoms with Crippen LogP contribution in [0.1, 0.15) is 13.8 Å².